The van der Waals surface area contributed by atoms with Crippen LogP contribution in [0.3, 0.4) is 0 Å². The number of aliphatic carboxylic acids is 1. The third kappa shape index (κ3) is 3.95. The molecular weight excluding hydrogens is 348 g/mol. The molecule has 1 aliphatic rings. The number of ether oxygens (including phenoxy) is 2. The lowest BCUT2D eigenvalue weighted by Crippen LogP contribution is -2.49. The zero-order valence-corrected chi connectivity index (χ0v) is 15.8. The van der Waals surface area contributed by atoms with Gasteiger partial charge in [0.2, 0.25) is 0 Å². The van der Waals surface area contributed by atoms with Crippen molar-refractivity contribution in [1.82, 2.24) is 14.9 Å². The second-order valence-electron chi connectivity index (χ2n) is 6.42. The predicted octanol–water partition coefficient (Wildman–Crippen LogP) is 1.75. The van der Waals surface area contributed by atoms with Crippen LogP contribution in [0.25, 0.3) is 0 Å². The Balaban J connectivity index is 1.86. The van der Waals surface area contributed by atoms with Crippen molar-refractivity contribution in [2.45, 2.75) is 13.0 Å². The lowest BCUT2D eigenvalue weighted by Gasteiger charge is -2.38. The van der Waals surface area contributed by atoms with E-state index in [1.54, 1.807) is 25.7 Å². The monoisotopic (exact) mass is 372 g/mol. The molecular formula is C19H24N4O4. The quantitative estimate of drug-likeness (QED) is 0.821. The van der Waals surface area contributed by atoms with Crippen molar-refractivity contribution < 1.29 is 19.4 Å². The van der Waals surface area contributed by atoms with Gasteiger partial charge in [0.15, 0.2) is 11.5 Å². The Morgan fingerprint density at radius 1 is 1.15 bits per heavy atom. The minimum absolute atomic E-state index is 0.465. The van der Waals surface area contributed by atoms with Crippen LogP contribution in [-0.4, -0.2) is 66.3 Å². The molecule has 3 rings (SSSR count). The Morgan fingerprint density at radius 3 is 2.44 bits per heavy atom. The number of methoxy groups -OCH3 is 2. The summed E-state index contributed by atoms with van der Waals surface area (Å²) in [6.07, 6.45) is 5.02. The van der Waals surface area contributed by atoms with Gasteiger partial charge >= 0.3 is 5.97 Å². The van der Waals surface area contributed by atoms with Crippen molar-refractivity contribution in [3.63, 3.8) is 0 Å². The van der Waals surface area contributed by atoms with Crippen molar-refractivity contribution in [3.05, 3.63) is 41.9 Å². The smallest absolute Gasteiger partial charge is 0.325 e. The van der Waals surface area contributed by atoms with E-state index in [1.165, 1.54) is 7.11 Å². The molecule has 8 heteroatoms. The Hall–Kier alpha value is -2.87. The summed E-state index contributed by atoms with van der Waals surface area (Å²) in [5.74, 6) is 0.900. The maximum Gasteiger partial charge on any atom is 0.325 e. The van der Waals surface area contributed by atoms with Crippen LogP contribution in [0, 0.1) is 6.92 Å². The van der Waals surface area contributed by atoms with E-state index in [0.29, 0.717) is 43.2 Å². The molecule has 0 radical (unpaired) electrons. The molecule has 1 aromatic carbocycles. The highest BCUT2D eigenvalue weighted by atomic mass is 16.5. The van der Waals surface area contributed by atoms with E-state index in [9.17, 15) is 9.90 Å². The summed E-state index contributed by atoms with van der Waals surface area (Å²) in [6, 6.07) is 2.89. The average molecular weight is 372 g/mol. The molecule has 1 aromatic heterocycles. The summed E-state index contributed by atoms with van der Waals surface area (Å²) >= 11 is 0. The van der Waals surface area contributed by atoms with Gasteiger partial charge in [0.1, 0.15) is 11.9 Å². The Morgan fingerprint density at radius 2 is 1.89 bits per heavy atom. The fraction of sp³-hybridized carbons (Fsp3) is 0.421. The molecule has 144 valence electrons. The van der Waals surface area contributed by atoms with Gasteiger partial charge < -0.3 is 19.5 Å². The van der Waals surface area contributed by atoms with Crippen LogP contribution >= 0.6 is 0 Å². The zero-order valence-electron chi connectivity index (χ0n) is 15.8. The van der Waals surface area contributed by atoms with Gasteiger partial charge in [-0.05, 0) is 24.6 Å². The molecule has 1 fully saturated rings. The van der Waals surface area contributed by atoms with Crippen LogP contribution in [-0.2, 0) is 4.79 Å². The van der Waals surface area contributed by atoms with Gasteiger partial charge in [-0.3, -0.25) is 14.7 Å². The third-order valence-electron chi connectivity index (χ3n) is 4.73. The van der Waals surface area contributed by atoms with Crippen LogP contribution in [0.1, 0.15) is 17.2 Å². The van der Waals surface area contributed by atoms with Gasteiger partial charge in [0.05, 0.1) is 20.4 Å². The topological polar surface area (TPSA) is 88.0 Å². The van der Waals surface area contributed by atoms with Gasteiger partial charge in [0, 0.05) is 44.1 Å². The molecule has 0 saturated carbocycles. The van der Waals surface area contributed by atoms with Gasteiger partial charge in [-0.1, -0.05) is 0 Å². The molecule has 0 aliphatic carbocycles. The van der Waals surface area contributed by atoms with E-state index < -0.39 is 12.0 Å². The van der Waals surface area contributed by atoms with E-state index in [0.717, 1.165) is 11.4 Å². The Labute approximate surface area is 158 Å². The van der Waals surface area contributed by atoms with E-state index in [1.807, 2.05) is 24.0 Å². The van der Waals surface area contributed by atoms with Crippen molar-refractivity contribution in [2.24, 2.45) is 0 Å². The first-order valence-corrected chi connectivity index (χ1v) is 8.75. The summed E-state index contributed by atoms with van der Waals surface area (Å²) in [4.78, 5) is 24.6. The van der Waals surface area contributed by atoms with E-state index in [-0.39, 0.29) is 0 Å². The first-order valence-electron chi connectivity index (χ1n) is 8.75. The summed E-state index contributed by atoms with van der Waals surface area (Å²) < 4.78 is 10.9. The normalized spacial score (nSPS) is 16.0. The SMILES string of the molecule is COc1cc(C)cc([C@@H](C(=O)O)N2CCN(c3cnccn3)CC2)c1OC. The molecule has 1 aliphatic heterocycles. The zero-order chi connectivity index (χ0) is 19.4. The minimum Gasteiger partial charge on any atom is -0.493 e. The lowest BCUT2D eigenvalue weighted by atomic mass is 10.00. The summed E-state index contributed by atoms with van der Waals surface area (Å²) in [7, 11) is 3.08. The molecule has 2 heterocycles. The van der Waals surface area contributed by atoms with Gasteiger partial charge in [-0.15, -0.1) is 0 Å². The molecule has 1 N–H and O–H groups in total. The Kier molecular flexibility index (Phi) is 5.75. The van der Waals surface area contributed by atoms with Crippen LogP contribution in [0.4, 0.5) is 5.82 Å². The first-order chi connectivity index (χ1) is 13.0. The van der Waals surface area contributed by atoms with Crippen LogP contribution in [0.15, 0.2) is 30.7 Å². The highest BCUT2D eigenvalue weighted by molar-refractivity contribution is 5.77. The van der Waals surface area contributed by atoms with E-state index in [4.69, 9.17) is 9.47 Å². The second kappa shape index (κ2) is 8.22. The molecule has 1 saturated heterocycles. The summed E-state index contributed by atoms with van der Waals surface area (Å²) in [6.45, 7) is 4.44. The van der Waals surface area contributed by atoms with Crippen molar-refractivity contribution in [2.75, 3.05) is 45.3 Å². The lowest BCUT2D eigenvalue weighted by molar-refractivity contribution is -0.143. The second-order valence-corrected chi connectivity index (χ2v) is 6.42. The fourth-order valence-electron chi connectivity index (χ4n) is 3.49. The molecule has 1 atom stereocenters. The number of carboxylic acids is 1. The number of hydrogen-bond donors (Lipinski definition) is 1. The number of rotatable bonds is 6. The molecule has 0 unspecified atom stereocenters. The highest BCUT2D eigenvalue weighted by Gasteiger charge is 2.34. The van der Waals surface area contributed by atoms with Crippen molar-refractivity contribution in [3.8, 4) is 11.5 Å². The molecule has 2 aromatic rings. The largest absolute Gasteiger partial charge is 0.493 e. The number of hydrogen-bond acceptors (Lipinski definition) is 7. The number of aromatic nitrogens is 2. The summed E-state index contributed by atoms with van der Waals surface area (Å²) in [5, 5.41) is 9.96. The number of anilines is 1. The molecule has 0 amide bonds. The number of nitrogens with zero attached hydrogens (tertiary/aromatic N) is 4. The standard InChI is InChI=1S/C19H24N4O4/c1-13-10-14(18(27-3)15(11-13)26-2)17(19(24)25)23-8-6-22(7-9-23)16-12-20-4-5-21-16/h4-5,10-12,17H,6-9H2,1-3H3,(H,24,25)/t17-/m0/s1. The maximum absolute atomic E-state index is 12.2. The summed E-state index contributed by atoms with van der Waals surface area (Å²) in [5.41, 5.74) is 1.53. The van der Waals surface area contributed by atoms with Crippen molar-refractivity contribution >= 4 is 11.8 Å². The van der Waals surface area contributed by atoms with Crippen LogP contribution in [0.2, 0.25) is 0 Å². The van der Waals surface area contributed by atoms with Crippen molar-refractivity contribution in [1.29, 1.82) is 0 Å². The minimum atomic E-state index is -0.908. The van der Waals surface area contributed by atoms with E-state index >= 15 is 0 Å². The highest BCUT2D eigenvalue weighted by Crippen LogP contribution is 2.38. The molecule has 0 spiro atoms. The molecule has 27 heavy (non-hydrogen) atoms. The molecule has 0 bridgehead atoms. The molecule has 8 nitrogen and oxygen atoms in total. The number of carboxylic acid groups (broad SMARTS) is 1. The number of aryl methyl sites for hydroxylation is 1. The van der Waals surface area contributed by atoms with Gasteiger partial charge in [-0.25, -0.2) is 4.98 Å². The predicted molar refractivity (Wildman–Crippen MR) is 100 cm³/mol. The fourth-order valence-corrected chi connectivity index (χ4v) is 3.49. The van der Waals surface area contributed by atoms with Crippen LogP contribution < -0.4 is 14.4 Å². The van der Waals surface area contributed by atoms with Gasteiger partial charge in [-0.2, -0.15) is 0 Å². The number of piperazine rings is 1. The van der Waals surface area contributed by atoms with Crippen LogP contribution in [0.5, 0.6) is 11.5 Å². The number of carbonyl (C=O) groups is 1. The van der Waals surface area contributed by atoms with E-state index in [2.05, 4.69) is 14.9 Å². The average Bonchev–Trinajstić information content (AvgIpc) is 2.68. The third-order valence-corrected chi connectivity index (χ3v) is 4.73. The first kappa shape index (κ1) is 18.9. The van der Waals surface area contributed by atoms with Gasteiger partial charge in [0.25, 0.3) is 0 Å². The number of benzene rings is 1. The maximum atomic E-state index is 12.2. The Bertz CT molecular complexity index is 792.